The molecule has 0 radical (unpaired) electrons. The van der Waals surface area contributed by atoms with E-state index in [4.69, 9.17) is 0 Å². The number of nitrogens with zero attached hydrogens (tertiary/aromatic N) is 1. The zero-order valence-corrected chi connectivity index (χ0v) is 12.5. The van der Waals surface area contributed by atoms with E-state index in [9.17, 15) is 4.79 Å². The van der Waals surface area contributed by atoms with E-state index in [-0.39, 0.29) is 11.3 Å². The van der Waals surface area contributed by atoms with Crippen LogP contribution in [0.15, 0.2) is 0 Å². The third kappa shape index (κ3) is 3.69. The number of nitrogens with one attached hydrogen (secondary N) is 2. The number of likely N-dealkylation sites (tertiary alicyclic amines) is 1. The minimum absolute atomic E-state index is 0.142. The molecule has 19 heavy (non-hydrogen) atoms. The molecule has 0 aromatic carbocycles. The van der Waals surface area contributed by atoms with Crippen LogP contribution in [0.25, 0.3) is 0 Å². The Hall–Kier alpha value is -0.610. The summed E-state index contributed by atoms with van der Waals surface area (Å²) in [4.78, 5) is 14.8. The summed E-state index contributed by atoms with van der Waals surface area (Å²) in [6.45, 7) is 10.5. The van der Waals surface area contributed by atoms with Crippen molar-refractivity contribution >= 4 is 5.91 Å². The van der Waals surface area contributed by atoms with Crippen molar-refractivity contribution in [3.05, 3.63) is 0 Å². The topological polar surface area (TPSA) is 44.4 Å². The van der Waals surface area contributed by atoms with Crippen LogP contribution in [0.3, 0.4) is 0 Å². The van der Waals surface area contributed by atoms with E-state index >= 15 is 0 Å². The van der Waals surface area contributed by atoms with Crippen molar-refractivity contribution in [2.75, 3.05) is 39.3 Å². The lowest BCUT2D eigenvalue weighted by Crippen LogP contribution is -2.45. The van der Waals surface area contributed by atoms with Gasteiger partial charge in [0.15, 0.2) is 0 Å². The monoisotopic (exact) mass is 267 g/mol. The van der Waals surface area contributed by atoms with Crippen molar-refractivity contribution in [3.63, 3.8) is 0 Å². The Morgan fingerprint density at radius 2 is 2.16 bits per heavy atom. The van der Waals surface area contributed by atoms with Crippen LogP contribution in [0, 0.1) is 11.3 Å². The molecule has 0 spiro atoms. The molecule has 2 saturated heterocycles. The van der Waals surface area contributed by atoms with E-state index in [0.717, 1.165) is 44.9 Å². The minimum Gasteiger partial charge on any atom is -0.354 e. The maximum absolute atomic E-state index is 12.3. The quantitative estimate of drug-likeness (QED) is 0.787. The van der Waals surface area contributed by atoms with Gasteiger partial charge in [-0.3, -0.25) is 4.79 Å². The lowest BCUT2D eigenvalue weighted by molar-refractivity contribution is -0.130. The maximum Gasteiger partial charge on any atom is 0.227 e. The smallest absolute Gasteiger partial charge is 0.227 e. The van der Waals surface area contributed by atoms with Gasteiger partial charge in [0.05, 0.1) is 5.41 Å². The Kier molecular flexibility index (Phi) is 5.22. The van der Waals surface area contributed by atoms with Gasteiger partial charge in [-0.2, -0.15) is 0 Å². The Bertz CT molecular complexity index is 292. The third-order valence-corrected chi connectivity index (χ3v) is 4.99. The molecule has 2 aliphatic rings. The fourth-order valence-electron chi connectivity index (χ4n) is 3.20. The molecule has 4 heteroatoms. The SMILES string of the molecule is CCC1(C(=O)NCCN2CCC(C)CC2)CCNC1. The predicted molar refractivity (Wildman–Crippen MR) is 78.1 cm³/mol. The van der Waals surface area contributed by atoms with Crippen molar-refractivity contribution in [2.45, 2.75) is 39.5 Å². The molecule has 2 heterocycles. The van der Waals surface area contributed by atoms with E-state index < -0.39 is 0 Å². The van der Waals surface area contributed by atoms with Crippen molar-refractivity contribution in [3.8, 4) is 0 Å². The molecular formula is C15H29N3O. The first-order valence-electron chi connectivity index (χ1n) is 7.88. The highest BCUT2D eigenvalue weighted by Gasteiger charge is 2.39. The molecule has 2 rings (SSSR count). The fraction of sp³-hybridized carbons (Fsp3) is 0.933. The van der Waals surface area contributed by atoms with Crippen LogP contribution in [0.5, 0.6) is 0 Å². The molecule has 2 aliphatic heterocycles. The Balaban J connectivity index is 1.69. The predicted octanol–water partition coefficient (Wildman–Crippen LogP) is 1.22. The number of amides is 1. The second-order valence-electron chi connectivity index (χ2n) is 6.34. The van der Waals surface area contributed by atoms with Crippen LogP contribution in [0.2, 0.25) is 0 Å². The first kappa shape index (κ1) is 14.8. The molecule has 4 nitrogen and oxygen atoms in total. The van der Waals surface area contributed by atoms with Gasteiger partial charge in [-0.1, -0.05) is 13.8 Å². The number of rotatable bonds is 5. The summed E-state index contributed by atoms with van der Waals surface area (Å²) in [6, 6.07) is 0. The molecule has 1 amide bonds. The van der Waals surface area contributed by atoms with Crippen LogP contribution >= 0.6 is 0 Å². The van der Waals surface area contributed by atoms with E-state index in [0.29, 0.717) is 0 Å². The van der Waals surface area contributed by atoms with Gasteiger partial charge in [-0.05, 0) is 51.2 Å². The lowest BCUT2D eigenvalue weighted by Gasteiger charge is -2.31. The number of carbonyl (C=O) groups excluding carboxylic acids is 1. The molecule has 0 saturated carbocycles. The fourth-order valence-corrected chi connectivity index (χ4v) is 3.20. The highest BCUT2D eigenvalue weighted by atomic mass is 16.2. The maximum atomic E-state index is 12.3. The summed E-state index contributed by atoms with van der Waals surface area (Å²) in [6.07, 6.45) is 4.52. The van der Waals surface area contributed by atoms with Crippen LogP contribution < -0.4 is 10.6 Å². The number of hydrogen-bond acceptors (Lipinski definition) is 3. The first-order chi connectivity index (χ1) is 9.16. The largest absolute Gasteiger partial charge is 0.354 e. The molecule has 2 N–H and O–H groups in total. The standard InChI is InChI=1S/C15H29N3O/c1-3-15(6-7-16-12-15)14(19)17-8-11-18-9-4-13(2)5-10-18/h13,16H,3-12H2,1-2H3,(H,17,19). The highest BCUT2D eigenvalue weighted by Crippen LogP contribution is 2.29. The van der Waals surface area contributed by atoms with E-state index in [1.165, 1.54) is 25.9 Å². The van der Waals surface area contributed by atoms with E-state index in [1.54, 1.807) is 0 Å². The second kappa shape index (κ2) is 6.71. The van der Waals surface area contributed by atoms with E-state index in [2.05, 4.69) is 29.4 Å². The normalized spacial score (nSPS) is 29.6. The average molecular weight is 267 g/mol. The summed E-state index contributed by atoms with van der Waals surface area (Å²) >= 11 is 0. The molecule has 0 aromatic rings. The van der Waals surface area contributed by atoms with Gasteiger partial charge in [0, 0.05) is 19.6 Å². The number of hydrogen-bond donors (Lipinski definition) is 2. The molecule has 0 aliphatic carbocycles. The average Bonchev–Trinajstić information content (AvgIpc) is 2.91. The second-order valence-corrected chi connectivity index (χ2v) is 6.34. The highest BCUT2D eigenvalue weighted by molar-refractivity contribution is 5.83. The van der Waals surface area contributed by atoms with Gasteiger partial charge in [0.1, 0.15) is 0 Å². The molecule has 1 unspecified atom stereocenters. The summed E-state index contributed by atoms with van der Waals surface area (Å²) in [5.74, 6) is 1.13. The zero-order chi connectivity index (χ0) is 13.7. The minimum atomic E-state index is -0.142. The number of carbonyl (C=O) groups is 1. The van der Waals surface area contributed by atoms with Crippen molar-refractivity contribution in [1.82, 2.24) is 15.5 Å². The Labute approximate surface area is 117 Å². The van der Waals surface area contributed by atoms with Gasteiger partial charge in [-0.25, -0.2) is 0 Å². The van der Waals surface area contributed by atoms with Crippen LogP contribution in [-0.2, 0) is 4.79 Å². The molecule has 110 valence electrons. The van der Waals surface area contributed by atoms with Crippen LogP contribution in [0.4, 0.5) is 0 Å². The zero-order valence-electron chi connectivity index (χ0n) is 12.5. The van der Waals surface area contributed by atoms with Crippen molar-refractivity contribution in [2.24, 2.45) is 11.3 Å². The van der Waals surface area contributed by atoms with Gasteiger partial charge in [0.2, 0.25) is 5.91 Å². The van der Waals surface area contributed by atoms with Crippen LogP contribution in [0.1, 0.15) is 39.5 Å². The molecule has 1 atom stereocenters. The molecule has 0 aromatic heterocycles. The Morgan fingerprint density at radius 1 is 1.42 bits per heavy atom. The third-order valence-electron chi connectivity index (χ3n) is 4.99. The Morgan fingerprint density at radius 3 is 2.74 bits per heavy atom. The van der Waals surface area contributed by atoms with Gasteiger partial charge < -0.3 is 15.5 Å². The molecular weight excluding hydrogens is 238 g/mol. The van der Waals surface area contributed by atoms with Crippen molar-refractivity contribution in [1.29, 1.82) is 0 Å². The number of piperidine rings is 1. The summed E-state index contributed by atoms with van der Waals surface area (Å²) in [7, 11) is 0. The summed E-state index contributed by atoms with van der Waals surface area (Å²) in [5.41, 5.74) is -0.142. The first-order valence-corrected chi connectivity index (χ1v) is 7.88. The summed E-state index contributed by atoms with van der Waals surface area (Å²) < 4.78 is 0. The van der Waals surface area contributed by atoms with Gasteiger partial charge in [0.25, 0.3) is 0 Å². The summed E-state index contributed by atoms with van der Waals surface area (Å²) in [5, 5.41) is 6.47. The lowest BCUT2D eigenvalue weighted by atomic mass is 9.83. The van der Waals surface area contributed by atoms with Gasteiger partial charge in [-0.15, -0.1) is 0 Å². The van der Waals surface area contributed by atoms with Gasteiger partial charge >= 0.3 is 0 Å². The van der Waals surface area contributed by atoms with E-state index in [1.807, 2.05) is 0 Å². The molecule has 0 bridgehead atoms. The van der Waals surface area contributed by atoms with Crippen molar-refractivity contribution < 1.29 is 4.79 Å². The van der Waals surface area contributed by atoms with Crippen LogP contribution in [-0.4, -0.2) is 50.1 Å². The molecule has 2 fully saturated rings.